The molecule has 0 aliphatic carbocycles. The van der Waals surface area contributed by atoms with Gasteiger partial charge in [0, 0.05) is 0 Å². The lowest BCUT2D eigenvalue weighted by Crippen LogP contribution is -2.44. The van der Waals surface area contributed by atoms with Crippen LogP contribution in [0.3, 0.4) is 0 Å². The van der Waals surface area contributed by atoms with Crippen LogP contribution in [-0.2, 0) is 14.8 Å². The first-order valence-corrected chi connectivity index (χ1v) is 7.25. The van der Waals surface area contributed by atoms with Crippen molar-refractivity contribution in [1.82, 2.24) is 4.72 Å². The van der Waals surface area contributed by atoms with Crippen LogP contribution in [0.2, 0.25) is 0 Å². The number of benzene rings is 1. The van der Waals surface area contributed by atoms with E-state index in [1.807, 2.05) is 4.72 Å². The predicted molar refractivity (Wildman–Crippen MR) is 67.7 cm³/mol. The molecule has 0 aromatic heterocycles. The highest BCUT2D eigenvalue weighted by atomic mass is 32.2. The molecule has 1 rings (SSSR count). The van der Waals surface area contributed by atoms with Crippen molar-refractivity contribution in [3.63, 3.8) is 0 Å². The first kappa shape index (κ1) is 16.5. The Morgan fingerprint density at radius 3 is 2.25 bits per heavy atom. The van der Waals surface area contributed by atoms with E-state index in [-0.39, 0.29) is 5.56 Å². The summed E-state index contributed by atoms with van der Waals surface area (Å²) in [7, 11) is -4.47. The minimum atomic E-state index is -4.47. The van der Waals surface area contributed by atoms with Crippen LogP contribution >= 0.6 is 0 Å². The molecule has 0 heterocycles. The lowest BCUT2D eigenvalue weighted by molar-refractivity contribution is -0.140. The number of aryl methyl sites for hydroxylation is 1. The summed E-state index contributed by atoms with van der Waals surface area (Å²) in [6.07, 6.45) is 0. The Kier molecular flexibility index (Phi) is 4.82. The summed E-state index contributed by atoms with van der Waals surface area (Å²) in [6, 6.07) is -0.148. The Hall–Kier alpha value is -1.54. The van der Waals surface area contributed by atoms with Gasteiger partial charge in [-0.15, -0.1) is 0 Å². The summed E-state index contributed by atoms with van der Waals surface area (Å²) in [5.74, 6) is -3.97. The smallest absolute Gasteiger partial charge is 0.322 e. The molecule has 0 saturated heterocycles. The third-order valence-electron chi connectivity index (χ3n) is 2.72. The summed E-state index contributed by atoms with van der Waals surface area (Å²) >= 11 is 0. The third-order valence-corrected chi connectivity index (χ3v) is 4.17. The van der Waals surface area contributed by atoms with Gasteiger partial charge in [0.25, 0.3) is 0 Å². The second-order valence-electron chi connectivity index (χ2n) is 4.71. The summed E-state index contributed by atoms with van der Waals surface area (Å²) in [4.78, 5) is 10.1. The molecule has 0 fully saturated rings. The fraction of sp³-hybridized carbons (Fsp3) is 0.417. The average molecular weight is 307 g/mol. The molecule has 0 spiro atoms. The summed E-state index contributed by atoms with van der Waals surface area (Å²) < 4.78 is 52.8. The number of hydrogen-bond acceptors (Lipinski definition) is 3. The maximum absolute atomic E-state index is 13.6. The predicted octanol–water partition coefficient (Wildman–Crippen LogP) is 1.66. The van der Waals surface area contributed by atoms with Crippen molar-refractivity contribution in [2.45, 2.75) is 31.7 Å². The molecule has 1 atom stereocenters. The molecule has 0 aliphatic rings. The molecule has 0 saturated carbocycles. The number of rotatable bonds is 5. The van der Waals surface area contributed by atoms with Gasteiger partial charge in [0.2, 0.25) is 10.0 Å². The molecular weight excluding hydrogens is 292 g/mol. The van der Waals surface area contributed by atoms with Gasteiger partial charge >= 0.3 is 5.97 Å². The van der Waals surface area contributed by atoms with E-state index in [0.29, 0.717) is 6.07 Å². The SMILES string of the molecule is Cc1cc(F)c(S(=O)(=O)N[C@@H](C(=O)O)C(C)C)cc1F. The van der Waals surface area contributed by atoms with Gasteiger partial charge in [0.15, 0.2) is 0 Å². The average Bonchev–Trinajstić information content (AvgIpc) is 2.30. The topological polar surface area (TPSA) is 83.5 Å². The number of hydrogen-bond donors (Lipinski definition) is 2. The molecule has 0 radical (unpaired) electrons. The molecule has 0 unspecified atom stereocenters. The zero-order valence-electron chi connectivity index (χ0n) is 11.1. The second-order valence-corrected chi connectivity index (χ2v) is 6.40. The first-order chi connectivity index (χ1) is 9.06. The largest absolute Gasteiger partial charge is 0.480 e. The van der Waals surface area contributed by atoms with Crippen molar-refractivity contribution in [3.8, 4) is 0 Å². The fourth-order valence-corrected chi connectivity index (χ4v) is 2.94. The van der Waals surface area contributed by atoms with E-state index in [9.17, 15) is 22.0 Å². The number of carbonyl (C=O) groups is 1. The Morgan fingerprint density at radius 1 is 1.25 bits per heavy atom. The number of carboxylic acids is 1. The number of sulfonamides is 1. The van der Waals surface area contributed by atoms with E-state index in [1.54, 1.807) is 0 Å². The van der Waals surface area contributed by atoms with Gasteiger partial charge in [-0.3, -0.25) is 4.79 Å². The van der Waals surface area contributed by atoms with Gasteiger partial charge in [0.05, 0.1) is 0 Å². The maximum Gasteiger partial charge on any atom is 0.322 e. The number of carboxylic acid groups (broad SMARTS) is 1. The highest BCUT2D eigenvalue weighted by molar-refractivity contribution is 7.89. The molecule has 5 nitrogen and oxygen atoms in total. The van der Waals surface area contributed by atoms with Crippen LogP contribution < -0.4 is 4.72 Å². The van der Waals surface area contributed by atoms with Crippen LogP contribution in [0.5, 0.6) is 0 Å². The molecule has 2 N–H and O–H groups in total. The Bertz CT molecular complexity index is 629. The van der Waals surface area contributed by atoms with E-state index in [0.717, 1.165) is 6.07 Å². The lowest BCUT2D eigenvalue weighted by atomic mass is 10.1. The lowest BCUT2D eigenvalue weighted by Gasteiger charge is -2.18. The van der Waals surface area contributed by atoms with Gasteiger partial charge in [-0.2, -0.15) is 4.72 Å². The summed E-state index contributed by atoms with van der Waals surface area (Å²) in [5, 5.41) is 8.93. The molecule has 0 bridgehead atoms. The molecule has 0 amide bonds. The van der Waals surface area contributed by atoms with Crippen molar-refractivity contribution < 1.29 is 27.1 Å². The van der Waals surface area contributed by atoms with E-state index < -0.39 is 44.5 Å². The Morgan fingerprint density at radius 2 is 1.80 bits per heavy atom. The Balaban J connectivity index is 3.24. The van der Waals surface area contributed by atoms with Crippen molar-refractivity contribution in [1.29, 1.82) is 0 Å². The monoisotopic (exact) mass is 307 g/mol. The van der Waals surface area contributed by atoms with Crippen LogP contribution in [0.1, 0.15) is 19.4 Å². The maximum atomic E-state index is 13.6. The van der Waals surface area contributed by atoms with Crippen LogP contribution in [0.15, 0.2) is 17.0 Å². The van der Waals surface area contributed by atoms with Gasteiger partial charge in [-0.25, -0.2) is 17.2 Å². The number of aliphatic carboxylic acids is 1. The van der Waals surface area contributed by atoms with E-state index in [2.05, 4.69) is 0 Å². The summed E-state index contributed by atoms with van der Waals surface area (Å²) in [5.41, 5.74) is -0.0416. The molecule has 20 heavy (non-hydrogen) atoms. The highest BCUT2D eigenvalue weighted by Crippen LogP contribution is 2.20. The molecule has 112 valence electrons. The van der Waals surface area contributed by atoms with Crippen LogP contribution in [-0.4, -0.2) is 25.5 Å². The molecule has 1 aromatic rings. The van der Waals surface area contributed by atoms with E-state index >= 15 is 0 Å². The van der Waals surface area contributed by atoms with Crippen molar-refractivity contribution in [3.05, 3.63) is 29.3 Å². The van der Waals surface area contributed by atoms with Gasteiger partial charge < -0.3 is 5.11 Å². The van der Waals surface area contributed by atoms with Crippen molar-refractivity contribution in [2.75, 3.05) is 0 Å². The Labute approximate surface area is 115 Å². The molecule has 8 heteroatoms. The van der Waals surface area contributed by atoms with Crippen LogP contribution in [0.4, 0.5) is 8.78 Å². The van der Waals surface area contributed by atoms with Gasteiger partial charge in [0.1, 0.15) is 22.6 Å². The normalized spacial score (nSPS) is 13.5. The summed E-state index contributed by atoms with van der Waals surface area (Å²) in [6.45, 7) is 4.27. The first-order valence-electron chi connectivity index (χ1n) is 5.77. The van der Waals surface area contributed by atoms with Crippen molar-refractivity contribution in [2.24, 2.45) is 5.92 Å². The second kappa shape index (κ2) is 5.84. The molecule has 1 aromatic carbocycles. The fourth-order valence-electron chi connectivity index (χ4n) is 1.54. The third kappa shape index (κ3) is 3.51. The van der Waals surface area contributed by atoms with Gasteiger partial charge in [-0.05, 0) is 30.5 Å². The van der Waals surface area contributed by atoms with Crippen LogP contribution in [0, 0.1) is 24.5 Å². The minimum absolute atomic E-state index is 0.0416. The van der Waals surface area contributed by atoms with E-state index in [4.69, 9.17) is 5.11 Å². The van der Waals surface area contributed by atoms with Crippen LogP contribution in [0.25, 0.3) is 0 Å². The minimum Gasteiger partial charge on any atom is -0.480 e. The zero-order chi connectivity index (χ0) is 15.7. The number of halogens is 2. The molecular formula is C12H15F2NO4S. The zero-order valence-corrected chi connectivity index (χ0v) is 12.0. The van der Waals surface area contributed by atoms with Crippen molar-refractivity contribution >= 4 is 16.0 Å². The van der Waals surface area contributed by atoms with Gasteiger partial charge in [-0.1, -0.05) is 13.8 Å². The van der Waals surface area contributed by atoms with E-state index in [1.165, 1.54) is 20.8 Å². The quantitative estimate of drug-likeness (QED) is 0.866. The highest BCUT2D eigenvalue weighted by Gasteiger charge is 2.30. The standard InChI is InChI=1S/C12H15F2NO4S/c1-6(2)11(12(16)17)15-20(18,19)10-5-8(13)7(3)4-9(10)14/h4-6,11,15H,1-3H3,(H,16,17)/t11-/m1/s1. The number of nitrogens with one attached hydrogen (secondary N) is 1. The molecule has 0 aliphatic heterocycles.